The van der Waals surface area contributed by atoms with Crippen molar-refractivity contribution in [1.29, 1.82) is 0 Å². The van der Waals surface area contributed by atoms with Gasteiger partial charge >= 0.3 is 0 Å². The van der Waals surface area contributed by atoms with Crippen LogP contribution in [0.15, 0.2) is 12.4 Å². The van der Waals surface area contributed by atoms with E-state index in [2.05, 4.69) is 15.3 Å². The fraction of sp³-hybridized carbons (Fsp3) is 0.556. The summed E-state index contributed by atoms with van der Waals surface area (Å²) in [4.78, 5) is 7.86. The Bertz CT molecular complexity index is 283. The predicted molar refractivity (Wildman–Crippen MR) is 56.4 cm³/mol. The van der Waals surface area contributed by atoms with Gasteiger partial charge in [0.05, 0.1) is 6.10 Å². The van der Waals surface area contributed by atoms with E-state index in [9.17, 15) is 5.11 Å². The van der Waals surface area contributed by atoms with E-state index in [-0.39, 0.29) is 6.10 Å². The van der Waals surface area contributed by atoms with Gasteiger partial charge in [-0.3, -0.25) is 0 Å². The van der Waals surface area contributed by atoms with Crippen molar-refractivity contribution >= 4 is 17.4 Å². The van der Waals surface area contributed by atoms with Crippen LogP contribution in [-0.2, 0) is 0 Å². The van der Waals surface area contributed by atoms with E-state index in [1.807, 2.05) is 6.92 Å². The first-order valence-electron chi connectivity index (χ1n) is 4.62. The largest absolute Gasteiger partial charge is 0.391 e. The second-order valence-electron chi connectivity index (χ2n) is 3.02. The van der Waals surface area contributed by atoms with E-state index >= 15 is 0 Å². The molecule has 0 radical (unpaired) electrons. The smallest absolute Gasteiger partial charge is 0.171 e. The van der Waals surface area contributed by atoms with Crippen LogP contribution < -0.4 is 5.32 Å². The van der Waals surface area contributed by atoms with Gasteiger partial charge in [0.1, 0.15) is 0 Å². The molecular weight excluding hydrogens is 202 g/mol. The molecule has 4 nitrogen and oxygen atoms in total. The van der Waals surface area contributed by atoms with E-state index in [0.29, 0.717) is 17.5 Å². The van der Waals surface area contributed by atoms with Crippen molar-refractivity contribution in [3.05, 3.63) is 17.5 Å². The zero-order valence-electron chi connectivity index (χ0n) is 8.07. The first kappa shape index (κ1) is 11.2. The molecule has 0 aliphatic carbocycles. The highest BCUT2D eigenvalue weighted by Gasteiger charge is 2.05. The molecule has 1 aromatic rings. The Labute approximate surface area is 88.3 Å². The summed E-state index contributed by atoms with van der Waals surface area (Å²) >= 11 is 5.77. The third-order valence-electron chi connectivity index (χ3n) is 1.78. The van der Waals surface area contributed by atoms with E-state index < -0.39 is 0 Å². The third kappa shape index (κ3) is 3.47. The fourth-order valence-corrected chi connectivity index (χ4v) is 1.26. The summed E-state index contributed by atoms with van der Waals surface area (Å²) in [5, 5.41) is 12.7. The number of hydrogen-bond donors (Lipinski definition) is 2. The summed E-state index contributed by atoms with van der Waals surface area (Å²) in [6, 6.07) is 0. The van der Waals surface area contributed by atoms with Crippen LogP contribution in [0, 0.1) is 0 Å². The topological polar surface area (TPSA) is 58.0 Å². The standard InChI is InChI=1S/C9H14ClN3O/c1-2-3-7(14)6-13-9-8(10)11-4-5-12-9/h4-5,7,14H,2-3,6H2,1H3,(H,12,13). The summed E-state index contributed by atoms with van der Waals surface area (Å²) in [6.07, 6.45) is 4.44. The van der Waals surface area contributed by atoms with Crippen molar-refractivity contribution in [2.45, 2.75) is 25.9 Å². The minimum atomic E-state index is -0.363. The highest BCUT2D eigenvalue weighted by Crippen LogP contribution is 2.13. The van der Waals surface area contributed by atoms with Gasteiger partial charge in [0, 0.05) is 18.9 Å². The normalized spacial score (nSPS) is 12.5. The number of aliphatic hydroxyl groups is 1. The lowest BCUT2D eigenvalue weighted by Gasteiger charge is -2.11. The molecule has 0 bridgehead atoms. The van der Waals surface area contributed by atoms with Gasteiger partial charge in [-0.2, -0.15) is 0 Å². The number of halogens is 1. The van der Waals surface area contributed by atoms with Crippen molar-refractivity contribution in [1.82, 2.24) is 9.97 Å². The predicted octanol–water partition coefficient (Wildman–Crippen LogP) is 1.70. The summed E-state index contributed by atoms with van der Waals surface area (Å²) in [5.74, 6) is 0.518. The molecule has 78 valence electrons. The average molecular weight is 216 g/mol. The monoisotopic (exact) mass is 215 g/mol. The van der Waals surface area contributed by atoms with Crippen LogP contribution in [0.2, 0.25) is 5.15 Å². The molecule has 1 unspecified atom stereocenters. The molecule has 1 aromatic heterocycles. The van der Waals surface area contributed by atoms with Crippen LogP contribution >= 0.6 is 11.6 Å². The first-order chi connectivity index (χ1) is 6.74. The van der Waals surface area contributed by atoms with Crippen LogP contribution in [0.25, 0.3) is 0 Å². The van der Waals surface area contributed by atoms with Crippen LogP contribution in [0.3, 0.4) is 0 Å². The summed E-state index contributed by atoms with van der Waals surface area (Å²) in [6.45, 7) is 2.48. The van der Waals surface area contributed by atoms with E-state index in [1.165, 1.54) is 6.20 Å². The molecular formula is C9H14ClN3O. The van der Waals surface area contributed by atoms with Crippen molar-refractivity contribution in [3.63, 3.8) is 0 Å². The second kappa shape index (κ2) is 5.78. The van der Waals surface area contributed by atoms with Gasteiger partial charge in [0.2, 0.25) is 0 Å². The average Bonchev–Trinajstić information content (AvgIpc) is 2.17. The minimum Gasteiger partial charge on any atom is -0.391 e. The molecule has 0 amide bonds. The summed E-state index contributed by atoms with van der Waals surface area (Å²) in [7, 11) is 0. The van der Waals surface area contributed by atoms with E-state index in [4.69, 9.17) is 11.6 Å². The lowest BCUT2D eigenvalue weighted by molar-refractivity contribution is 0.176. The Morgan fingerprint density at radius 1 is 1.50 bits per heavy atom. The number of hydrogen-bond acceptors (Lipinski definition) is 4. The maximum atomic E-state index is 9.45. The van der Waals surface area contributed by atoms with Crippen LogP contribution in [0.1, 0.15) is 19.8 Å². The van der Waals surface area contributed by atoms with Gasteiger partial charge in [0.25, 0.3) is 0 Å². The highest BCUT2D eigenvalue weighted by atomic mass is 35.5. The van der Waals surface area contributed by atoms with Gasteiger partial charge in [-0.1, -0.05) is 24.9 Å². The zero-order chi connectivity index (χ0) is 10.4. The first-order valence-corrected chi connectivity index (χ1v) is 5.00. The summed E-state index contributed by atoms with van der Waals surface area (Å²) < 4.78 is 0. The molecule has 0 fully saturated rings. The summed E-state index contributed by atoms with van der Waals surface area (Å²) in [5.41, 5.74) is 0. The molecule has 5 heteroatoms. The van der Waals surface area contributed by atoms with E-state index in [1.54, 1.807) is 6.20 Å². The van der Waals surface area contributed by atoms with Crippen molar-refractivity contribution < 1.29 is 5.11 Å². The van der Waals surface area contributed by atoms with E-state index in [0.717, 1.165) is 12.8 Å². The molecule has 0 aliphatic heterocycles. The Balaban J connectivity index is 2.41. The molecule has 1 atom stereocenters. The van der Waals surface area contributed by atoms with Gasteiger partial charge in [-0.15, -0.1) is 0 Å². The quantitative estimate of drug-likeness (QED) is 0.785. The maximum Gasteiger partial charge on any atom is 0.171 e. The van der Waals surface area contributed by atoms with Gasteiger partial charge in [0.15, 0.2) is 11.0 Å². The molecule has 0 aliphatic rings. The number of nitrogens with zero attached hydrogens (tertiary/aromatic N) is 2. The Morgan fingerprint density at radius 3 is 2.86 bits per heavy atom. The SMILES string of the molecule is CCCC(O)CNc1nccnc1Cl. The molecule has 1 heterocycles. The van der Waals surface area contributed by atoms with Crippen molar-refractivity contribution in [2.24, 2.45) is 0 Å². The van der Waals surface area contributed by atoms with Gasteiger partial charge < -0.3 is 10.4 Å². The third-order valence-corrected chi connectivity index (χ3v) is 2.06. The highest BCUT2D eigenvalue weighted by molar-refractivity contribution is 6.31. The molecule has 0 aromatic carbocycles. The second-order valence-corrected chi connectivity index (χ2v) is 3.38. The molecule has 2 N–H and O–H groups in total. The Morgan fingerprint density at radius 2 is 2.21 bits per heavy atom. The molecule has 0 spiro atoms. The molecule has 0 saturated carbocycles. The Kier molecular flexibility index (Phi) is 4.62. The van der Waals surface area contributed by atoms with Crippen LogP contribution in [0.5, 0.6) is 0 Å². The number of aliphatic hydroxyl groups excluding tert-OH is 1. The lowest BCUT2D eigenvalue weighted by Crippen LogP contribution is -2.19. The number of nitrogens with one attached hydrogen (secondary N) is 1. The Hall–Kier alpha value is -0.870. The minimum absolute atomic E-state index is 0.330. The van der Waals surface area contributed by atoms with Gasteiger partial charge in [-0.25, -0.2) is 9.97 Å². The van der Waals surface area contributed by atoms with Crippen LogP contribution in [0.4, 0.5) is 5.82 Å². The lowest BCUT2D eigenvalue weighted by atomic mass is 10.2. The number of rotatable bonds is 5. The van der Waals surface area contributed by atoms with Gasteiger partial charge in [-0.05, 0) is 6.42 Å². The van der Waals surface area contributed by atoms with Crippen molar-refractivity contribution in [3.8, 4) is 0 Å². The molecule has 1 rings (SSSR count). The molecule has 14 heavy (non-hydrogen) atoms. The fourth-order valence-electron chi connectivity index (χ4n) is 1.09. The molecule has 0 saturated heterocycles. The van der Waals surface area contributed by atoms with Crippen molar-refractivity contribution in [2.75, 3.05) is 11.9 Å². The maximum absolute atomic E-state index is 9.45. The number of anilines is 1. The zero-order valence-corrected chi connectivity index (χ0v) is 8.83. The number of aromatic nitrogens is 2. The van der Waals surface area contributed by atoms with Crippen LogP contribution in [-0.4, -0.2) is 27.7 Å².